The van der Waals surface area contributed by atoms with Crippen LogP contribution in [0.1, 0.15) is 24.3 Å². The van der Waals surface area contributed by atoms with E-state index in [1.165, 1.54) is 11.3 Å². The summed E-state index contributed by atoms with van der Waals surface area (Å²) >= 11 is 1.43. The lowest BCUT2D eigenvalue weighted by atomic mass is 10.2. The summed E-state index contributed by atoms with van der Waals surface area (Å²) in [5, 5.41) is 17.8. The van der Waals surface area contributed by atoms with E-state index in [1.54, 1.807) is 0 Å². The Morgan fingerprint density at radius 1 is 1.33 bits per heavy atom. The van der Waals surface area contributed by atoms with Gasteiger partial charge in [0.1, 0.15) is 5.01 Å². The van der Waals surface area contributed by atoms with Crippen molar-refractivity contribution in [2.75, 3.05) is 25.9 Å². The molecule has 0 amide bonds. The molecule has 1 aromatic heterocycles. The van der Waals surface area contributed by atoms with E-state index >= 15 is 0 Å². The predicted octanol–water partition coefficient (Wildman–Crippen LogP) is 0.715. The van der Waals surface area contributed by atoms with Gasteiger partial charge in [0, 0.05) is 6.61 Å². The molecule has 0 spiro atoms. The molecule has 1 rings (SSSR count). The van der Waals surface area contributed by atoms with Crippen LogP contribution in [-0.4, -0.2) is 40.4 Å². The predicted molar refractivity (Wildman–Crippen MR) is 61.6 cm³/mol. The van der Waals surface area contributed by atoms with Gasteiger partial charge in [-0.3, -0.25) is 4.90 Å². The van der Waals surface area contributed by atoms with Gasteiger partial charge in [-0.15, -0.1) is 10.2 Å². The highest BCUT2D eigenvalue weighted by atomic mass is 32.1. The van der Waals surface area contributed by atoms with Crippen molar-refractivity contribution >= 4 is 16.5 Å². The van der Waals surface area contributed by atoms with Crippen LogP contribution in [0.25, 0.3) is 0 Å². The zero-order valence-corrected chi connectivity index (χ0v) is 9.83. The molecule has 1 aromatic rings. The maximum Gasteiger partial charge on any atom is 0.203 e. The highest BCUT2D eigenvalue weighted by molar-refractivity contribution is 7.15. The smallest absolute Gasteiger partial charge is 0.203 e. The monoisotopic (exact) mass is 230 g/mol. The van der Waals surface area contributed by atoms with Gasteiger partial charge in [0.05, 0.1) is 6.54 Å². The van der Waals surface area contributed by atoms with Crippen LogP contribution in [0.3, 0.4) is 0 Å². The van der Waals surface area contributed by atoms with Crippen LogP contribution in [0.4, 0.5) is 5.13 Å². The minimum atomic E-state index is 0.288. The first-order valence-electron chi connectivity index (χ1n) is 5.09. The minimum Gasteiger partial charge on any atom is -0.396 e. The number of nitrogens with two attached hydrogens (primary N) is 1. The van der Waals surface area contributed by atoms with Gasteiger partial charge < -0.3 is 10.8 Å². The van der Waals surface area contributed by atoms with Gasteiger partial charge in [-0.1, -0.05) is 11.3 Å². The number of nitrogens with zero attached hydrogens (tertiary/aromatic N) is 3. The largest absolute Gasteiger partial charge is 0.396 e. The maximum atomic E-state index is 8.63. The number of aliphatic hydroxyl groups is 1. The van der Waals surface area contributed by atoms with Crippen LogP contribution < -0.4 is 5.73 Å². The van der Waals surface area contributed by atoms with Crippen molar-refractivity contribution in [1.82, 2.24) is 15.1 Å². The van der Waals surface area contributed by atoms with Gasteiger partial charge in [0.25, 0.3) is 0 Å². The third-order valence-electron chi connectivity index (χ3n) is 2.09. The summed E-state index contributed by atoms with van der Waals surface area (Å²) in [6, 6.07) is 0. The Morgan fingerprint density at radius 3 is 2.73 bits per heavy atom. The molecule has 15 heavy (non-hydrogen) atoms. The van der Waals surface area contributed by atoms with Crippen LogP contribution in [0.2, 0.25) is 0 Å². The van der Waals surface area contributed by atoms with Crippen molar-refractivity contribution in [3.05, 3.63) is 5.01 Å². The molecule has 0 aliphatic rings. The van der Waals surface area contributed by atoms with Crippen molar-refractivity contribution in [3.8, 4) is 0 Å². The van der Waals surface area contributed by atoms with Gasteiger partial charge in [-0.05, 0) is 32.9 Å². The summed E-state index contributed by atoms with van der Waals surface area (Å²) < 4.78 is 0. The Labute approximate surface area is 93.9 Å². The zero-order valence-electron chi connectivity index (χ0n) is 9.02. The van der Waals surface area contributed by atoms with Crippen molar-refractivity contribution in [1.29, 1.82) is 0 Å². The zero-order chi connectivity index (χ0) is 11.1. The molecule has 0 radical (unpaired) electrons. The van der Waals surface area contributed by atoms with E-state index in [0.717, 1.165) is 37.4 Å². The number of rotatable bonds is 7. The van der Waals surface area contributed by atoms with E-state index in [1.807, 2.05) is 0 Å². The molecule has 1 heterocycles. The average molecular weight is 230 g/mol. The van der Waals surface area contributed by atoms with Crippen molar-refractivity contribution in [2.24, 2.45) is 0 Å². The summed E-state index contributed by atoms with van der Waals surface area (Å²) in [4.78, 5) is 2.19. The number of aliphatic hydroxyl groups excluding tert-OH is 1. The summed E-state index contributed by atoms with van der Waals surface area (Å²) in [5.74, 6) is 0. The van der Waals surface area contributed by atoms with E-state index in [-0.39, 0.29) is 6.61 Å². The fraction of sp³-hybridized carbons (Fsp3) is 0.778. The molecule has 0 unspecified atom stereocenters. The summed E-state index contributed by atoms with van der Waals surface area (Å²) in [6.07, 6.45) is 3.06. The number of anilines is 1. The maximum absolute atomic E-state index is 8.63. The number of aromatic nitrogens is 2. The van der Waals surface area contributed by atoms with E-state index in [0.29, 0.717) is 5.13 Å². The minimum absolute atomic E-state index is 0.288. The molecule has 0 atom stereocenters. The molecule has 0 fully saturated rings. The lowest BCUT2D eigenvalue weighted by molar-refractivity contribution is 0.271. The third-order valence-corrected chi connectivity index (χ3v) is 2.82. The Balaban J connectivity index is 2.15. The topological polar surface area (TPSA) is 75.3 Å². The molecule has 3 N–H and O–H groups in total. The first kappa shape index (κ1) is 12.4. The second kappa shape index (κ2) is 6.71. The van der Waals surface area contributed by atoms with Crippen molar-refractivity contribution in [2.45, 2.75) is 25.8 Å². The van der Waals surface area contributed by atoms with Crippen LogP contribution in [0, 0.1) is 0 Å². The molecular weight excluding hydrogens is 212 g/mol. The Morgan fingerprint density at radius 2 is 2.13 bits per heavy atom. The molecule has 0 saturated carbocycles. The Kier molecular flexibility index (Phi) is 5.52. The average Bonchev–Trinajstić information content (AvgIpc) is 2.59. The van der Waals surface area contributed by atoms with Gasteiger partial charge in [-0.25, -0.2) is 0 Å². The van der Waals surface area contributed by atoms with E-state index in [9.17, 15) is 0 Å². The van der Waals surface area contributed by atoms with Crippen LogP contribution in [-0.2, 0) is 6.54 Å². The molecule has 6 heteroatoms. The van der Waals surface area contributed by atoms with E-state index in [2.05, 4.69) is 22.1 Å². The second-order valence-electron chi connectivity index (χ2n) is 3.56. The van der Waals surface area contributed by atoms with Crippen LogP contribution >= 0.6 is 11.3 Å². The lowest BCUT2D eigenvalue weighted by Gasteiger charge is -2.13. The summed E-state index contributed by atoms with van der Waals surface area (Å²) in [5.41, 5.74) is 5.49. The fourth-order valence-corrected chi connectivity index (χ4v) is 2.00. The van der Waals surface area contributed by atoms with Crippen molar-refractivity contribution in [3.63, 3.8) is 0 Å². The fourth-order valence-electron chi connectivity index (χ4n) is 1.31. The first-order chi connectivity index (χ1) is 7.22. The van der Waals surface area contributed by atoms with Gasteiger partial charge in [0.15, 0.2) is 0 Å². The highest BCUT2D eigenvalue weighted by Gasteiger charge is 2.04. The summed E-state index contributed by atoms with van der Waals surface area (Å²) in [6.45, 7) is 2.10. The molecule has 0 aliphatic carbocycles. The Hall–Kier alpha value is -0.720. The number of unbranched alkanes of at least 4 members (excludes halogenated alkanes) is 2. The van der Waals surface area contributed by atoms with E-state index in [4.69, 9.17) is 10.8 Å². The third kappa shape index (κ3) is 5.06. The molecular formula is C9H18N4OS. The van der Waals surface area contributed by atoms with Crippen LogP contribution in [0.15, 0.2) is 0 Å². The second-order valence-corrected chi connectivity index (χ2v) is 4.65. The number of hydrogen-bond acceptors (Lipinski definition) is 6. The molecule has 86 valence electrons. The molecule has 0 aromatic carbocycles. The number of nitrogen functional groups attached to an aromatic ring is 1. The first-order valence-corrected chi connectivity index (χ1v) is 5.91. The Bertz CT molecular complexity index is 279. The van der Waals surface area contributed by atoms with Gasteiger partial charge in [0.2, 0.25) is 5.13 Å². The lowest BCUT2D eigenvalue weighted by Crippen LogP contribution is -2.19. The summed E-state index contributed by atoms with van der Waals surface area (Å²) in [7, 11) is 2.05. The normalized spacial score (nSPS) is 11.1. The molecule has 0 aliphatic heterocycles. The standard InChI is InChI=1S/C9H18N4OS/c1-13(5-3-2-4-6-14)7-8-11-12-9(10)15-8/h14H,2-7H2,1H3,(H2,10,12). The molecule has 0 bridgehead atoms. The van der Waals surface area contributed by atoms with Crippen molar-refractivity contribution < 1.29 is 5.11 Å². The van der Waals surface area contributed by atoms with Gasteiger partial charge >= 0.3 is 0 Å². The van der Waals surface area contributed by atoms with Crippen LogP contribution in [0.5, 0.6) is 0 Å². The molecule has 5 nitrogen and oxygen atoms in total. The quantitative estimate of drug-likeness (QED) is 0.675. The van der Waals surface area contributed by atoms with Gasteiger partial charge in [-0.2, -0.15) is 0 Å². The highest BCUT2D eigenvalue weighted by Crippen LogP contribution is 2.12. The van der Waals surface area contributed by atoms with E-state index < -0.39 is 0 Å². The molecule has 0 saturated heterocycles. The number of hydrogen-bond donors (Lipinski definition) is 2. The SMILES string of the molecule is CN(CCCCCO)Cc1nnc(N)s1.